The molecule has 12 nitrogen and oxygen atoms in total. The lowest BCUT2D eigenvalue weighted by Gasteiger charge is -2.41. The summed E-state index contributed by atoms with van der Waals surface area (Å²) in [6, 6.07) is -0.852. The highest BCUT2D eigenvalue weighted by molar-refractivity contribution is 7.80. The quantitative estimate of drug-likeness (QED) is 0.0251. The summed E-state index contributed by atoms with van der Waals surface area (Å²) in [4.78, 5) is 13.1. The predicted molar refractivity (Wildman–Crippen MR) is 264 cm³/mol. The highest BCUT2D eigenvalue weighted by Crippen LogP contribution is 2.26. The van der Waals surface area contributed by atoms with Crippen molar-refractivity contribution in [3.63, 3.8) is 0 Å². The molecule has 0 spiro atoms. The van der Waals surface area contributed by atoms with Crippen LogP contribution >= 0.6 is 0 Å². The van der Waals surface area contributed by atoms with Gasteiger partial charge in [-0.15, -0.1) is 0 Å². The fourth-order valence-electron chi connectivity index (χ4n) is 9.17. The summed E-state index contributed by atoms with van der Waals surface area (Å²) in [5.41, 5.74) is 0. The summed E-state index contributed by atoms with van der Waals surface area (Å²) in [7, 11) is -5.07. The monoisotopic (exact) mass is 950 g/mol. The Hall–Kier alpha value is -0.900. The molecule has 1 saturated heterocycles. The summed E-state index contributed by atoms with van der Waals surface area (Å²) >= 11 is 0. The van der Waals surface area contributed by atoms with E-state index in [1.54, 1.807) is 0 Å². The van der Waals surface area contributed by atoms with Gasteiger partial charge in [0.15, 0.2) is 6.29 Å². The van der Waals surface area contributed by atoms with E-state index >= 15 is 0 Å². The Labute approximate surface area is 398 Å². The third kappa shape index (κ3) is 35.8. The first-order chi connectivity index (χ1) is 31.5. The van der Waals surface area contributed by atoms with E-state index in [2.05, 4.69) is 23.3 Å². The number of unbranched alkanes of at least 4 members (excludes halogenated alkanes) is 36. The predicted octanol–water partition coefficient (Wildman–Crippen LogP) is 12.1. The summed E-state index contributed by atoms with van der Waals surface area (Å²) < 4.78 is 47.8. The van der Waals surface area contributed by atoms with E-state index in [1.807, 2.05) is 0 Å². The second kappa shape index (κ2) is 43.1. The van der Waals surface area contributed by atoms with Crippen LogP contribution in [0.1, 0.15) is 271 Å². The summed E-state index contributed by atoms with van der Waals surface area (Å²) in [5.74, 6) is -0.225. The number of amides is 1. The lowest BCUT2D eigenvalue weighted by atomic mass is 9.99. The molecule has 1 aliphatic rings. The van der Waals surface area contributed by atoms with E-state index < -0.39 is 59.9 Å². The molecule has 7 unspecified atom stereocenters. The average molecular weight is 950 g/mol. The van der Waals surface area contributed by atoms with Crippen molar-refractivity contribution in [1.82, 2.24) is 5.32 Å². The van der Waals surface area contributed by atoms with Crippen molar-refractivity contribution < 1.29 is 51.8 Å². The van der Waals surface area contributed by atoms with Crippen LogP contribution in [0.3, 0.4) is 0 Å². The molecule has 0 aromatic heterocycles. The maximum atomic E-state index is 13.1. The van der Waals surface area contributed by atoms with Crippen LogP contribution in [0.15, 0.2) is 0 Å². The first kappa shape index (κ1) is 62.1. The van der Waals surface area contributed by atoms with Crippen molar-refractivity contribution in [1.29, 1.82) is 0 Å². The summed E-state index contributed by atoms with van der Waals surface area (Å²) in [5, 5.41) is 45.0. The van der Waals surface area contributed by atoms with Crippen LogP contribution in [0.25, 0.3) is 0 Å². The van der Waals surface area contributed by atoms with Crippen molar-refractivity contribution in [3.05, 3.63) is 0 Å². The first-order valence-corrected chi connectivity index (χ1v) is 28.8. The summed E-state index contributed by atoms with van der Waals surface area (Å²) in [6.45, 7) is 3.48. The number of carbonyl (C=O) groups excluding carboxylic acids is 1. The normalized spacial score (nSPS) is 20.0. The third-order valence-electron chi connectivity index (χ3n) is 13.4. The first-order valence-electron chi connectivity index (χ1n) is 27.4. The molecule has 65 heavy (non-hydrogen) atoms. The third-order valence-corrected chi connectivity index (χ3v) is 13.9. The van der Waals surface area contributed by atoms with E-state index in [4.69, 9.17) is 9.47 Å². The maximum absolute atomic E-state index is 13.1. The molecule has 6 N–H and O–H groups in total. The number of hydrogen-bond acceptors (Lipinski definition) is 10. The Morgan fingerprint density at radius 1 is 0.554 bits per heavy atom. The number of nitrogens with one attached hydrogen (secondary N) is 1. The van der Waals surface area contributed by atoms with E-state index in [-0.39, 0.29) is 12.5 Å². The second-order valence-corrected chi connectivity index (χ2v) is 20.6. The molecule has 0 aromatic rings. The van der Waals surface area contributed by atoms with Crippen LogP contribution < -0.4 is 5.32 Å². The maximum Gasteiger partial charge on any atom is 0.397 e. The topological polar surface area (TPSA) is 192 Å². The SMILES string of the molecule is CCCCCCCCCCCCCCCCCCCCCCCCCCCC(O)C(COC1OC(CO)C(O)C(OS(=O)(=O)O)C1O)NC(=O)CCCCCCCCCCCCCCC. The lowest BCUT2D eigenvalue weighted by molar-refractivity contribution is -0.298. The van der Waals surface area contributed by atoms with Gasteiger partial charge in [0.05, 0.1) is 25.4 Å². The van der Waals surface area contributed by atoms with Crippen molar-refractivity contribution in [2.24, 2.45) is 0 Å². The fourth-order valence-corrected chi connectivity index (χ4v) is 9.68. The molecule has 13 heteroatoms. The number of aliphatic hydroxyl groups is 4. The van der Waals surface area contributed by atoms with Gasteiger partial charge < -0.3 is 35.2 Å². The van der Waals surface area contributed by atoms with Crippen molar-refractivity contribution >= 4 is 16.3 Å². The molecule has 1 aliphatic heterocycles. The summed E-state index contributed by atoms with van der Waals surface area (Å²) in [6.07, 6.45) is 39.7. The van der Waals surface area contributed by atoms with Gasteiger partial charge in [-0.1, -0.05) is 251 Å². The van der Waals surface area contributed by atoms with Crippen LogP contribution in [-0.4, -0.2) is 95.4 Å². The van der Waals surface area contributed by atoms with Gasteiger partial charge in [-0.2, -0.15) is 8.42 Å². The van der Waals surface area contributed by atoms with Crippen molar-refractivity contribution in [2.75, 3.05) is 13.2 Å². The van der Waals surface area contributed by atoms with Gasteiger partial charge >= 0.3 is 10.4 Å². The fraction of sp³-hybridized carbons (Fsp3) is 0.981. The van der Waals surface area contributed by atoms with E-state index in [0.29, 0.717) is 12.8 Å². The van der Waals surface area contributed by atoms with Crippen LogP contribution in [-0.2, 0) is 28.9 Å². The van der Waals surface area contributed by atoms with Gasteiger partial charge in [0.2, 0.25) is 5.91 Å². The van der Waals surface area contributed by atoms with Gasteiger partial charge in [0.25, 0.3) is 0 Å². The lowest BCUT2D eigenvalue weighted by Crippen LogP contribution is -2.61. The van der Waals surface area contributed by atoms with Crippen LogP contribution in [0.4, 0.5) is 0 Å². The molecule has 7 atom stereocenters. The zero-order valence-corrected chi connectivity index (χ0v) is 42.7. The molecular weight excluding hydrogens is 847 g/mol. The molecular formula is C52H103NO11S. The molecule has 0 bridgehead atoms. The van der Waals surface area contributed by atoms with Crippen molar-refractivity contribution in [3.8, 4) is 0 Å². The largest absolute Gasteiger partial charge is 0.397 e. The molecule has 1 amide bonds. The molecule has 0 saturated carbocycles. The van der Waals surface area contributed by atoms with Gasteiger partial charge in [-0.3, -0.25) is 9.35 Å². The number of ether oxygens (including phenoxy) is 2. The number of carbonyl (C=O) groups is 1. The zero-order valence-electron chi connectivity index (χ0n) is 41.8. The van der Waals surface area contributed by atoms with Crippen LogP contribution in [0, 0.1) is 0 Å². The van der Waals surface area contributed by atoms with Gasteiger partial charge in [-0.25, -0.2) is 4.18 Å². The molecule has 1 fully saturated rings. The Kier molecular flexibility index (Phi) is 41.2. The minimum Gasteiger partial charge on any atom is -0.394 e. The highest BCUT2D eigenvalue weighted by Gasteiger charge is 2.48. The Morgan fingerprint density at radius 3 is 1.23 bits per heavy atom. The van der Waals surface area contributed by atoms with Crippen LogP contribution in [0.2, 0.25) is 0 Å². The Bertz CT molecular complexity index is 1160. The minimum atomic E-state index is -5.07. The van der Waals surface area contributed by atoms with Gasteiger partial charge in [0.1, 0.15) is 24.4 Å². The number of rotatable bonds is 48. The molecule has 0 radical (unpaired) electrons. The number of hydrogen-bond donors (Lipinski definition) is 6. The van der Waals surface area contributed by atoms with Gasteiger partial charge in [-0.05, 0) is 12.8 Å². The van der Waals surface area contributed by atoms with Crippen LogP contribution in [0.5, 0.6) is 0 Å². The Balaban J connectivity index is 2.33. The molecule has 388 valence electrons. The van der Waals surface area contributed by atoms with E-state index in [0.717, 1.165) is 51.4 Å². The smallest absolute Gasteiger partial charge is 0.394 e. The Morgan fingerprint density at radius 2 is 0.892 bits per heavy atom. The van der Waals surface area contributed by atoms with E-state index in [9.17, 15) is 38.2 Å². The second-order valence-electron chi connectivity index (χ2n) is 19.5. The molecule has 0 aromatic carbocycles. The number of aliphatic hydroxyl groups excluding tert-OH is 4. The average Bonchev–Trinajstić information content (AvgIpc) is 3.28. The molecule has 1 heterocycles. The van der Waals surface area contributed by atoms with Gasteiger partial charge in [0, 0.05) is 6.42 Å². The standard InChI is InChI=1S/C52H103NO11S/c1-3-5-7-9-11-13-15-17-18-19-20-21-22-23-24-25-26-27-28-30-31-33-35-37-39-41-46(55)45(44-62-52-50(58)51(64-65(59,60)61)49(57)47(43-54)63-52)53-48(56)42-40-38-36-34-32-29-16-14-12-10-8-6-4-2/h45-47,49-52,54-55,57-58H,3-44H2,1-2H3,(H,53,56)(H,59,60,61). The minimum absolute atomic E-state index is 0.225. The molecule has 0 aliphatic carbocycles. The zero-order chi connectivity index (χ0) is 47.6. The van der Waals surface area contributed by atoms with E-state index in [1.165, 1.54) is 193 Å². The molecule has 1 rings (SSSR count). The highest BCUT2D eigenvalue weighted by atomic mass is 32.3. The van der Waals surface area contributed by atoms with Crippen molar-refractivity contribution in [2.45, 2.75) is 314 Å².